The maximum absolute atomic E-state index is 11.9. The normalized spacial score (nSPS) is 11.3. The summed E-state index contributed by atoms with van der Waals surface area (Å²) in [5.74, 6) is 1.15. The molecule has 1 aromatic heterocycles. The van der Waals surface area contributed by atoms with E-state index in [9.17, 15) is 4.79 Å². The summed E-state index contributed by atoms with van der Waals surface area (Å²) in [4.78, 5) is 12.5. The fraction of sp³-hybridized carbons (Fsp3) is 0.583. The number of methoxy groups -OCH3 is 1. The van der Waals surface area contributed by atoms with Gasteiger partial charge in [-0.2, -0.15) is 0 Å². The number of alkyl halides is 1. The molecular weight excluding hydrogens is 258 g/mol. The molecule has 1 rings (SSSR count). The molecule has 0 aliphatic heterocycles. The van der Waals surface area contributed by atoms with Crippen LogP contribution in [0.1, 0.15) is 29.9 Å². The fourth-order valence-electron chi connectivity index (χ4n) is 1.37. The Morgan fingerprint density at radius 2 is 2.29 bits per heavy atom. The van der Waals surface area contributed by atoms with Crippen molar-refractivity contribution in [2.75, 3.05) is 19.5 Å². The average Bonchev–Trinajstić information content (AvgIpc) is 2.74. The third-order valence-electron chi connectivity index (χ3n) is 2.55. The van der Waals surface area contributed by atoms with Crippen molar-refractivity contribution < 1.29 is 9.53 Å². The van der Waals surface area contributed by atoms with Crippen molar-refractivity contribution in [2.24, 2.45) is 5.41 Å². The van der Waals surface area contributed by atoms with Crippen molar-refractivity contribution in [2.45, 2.75) is 20.3 Å². The molecule has 0 aromatic carbocycles. The molecular formula is C12H18ClNO2S. The number of hydrogen-bond acceptors (Lipinski definition) is 3. The van der Waals surface area contributed by atoms with E-state index in [2.05, 4.69) is 19.2 Å². The monoisotopic (exact) mass is 275 g/mol. The van der Waals surface area contributed by atoms with E-state index in [0.29, 0.717) is 23.1 Å². The Hall–Kier alpha value is -0.740. The Balaban J connectivity index is 2.56. The second-order valence-corrected chi connectivity index (χ2v) is 5.90. The van der Waals surface area contributed by atoms with Crippen LogP contribution in [0.15, 0.2) is 11.4 Å². The van der Waals surface area contributed by atoms with Crippen LogP contribution in [0.2, 0.25) is 0 Å². The van der Waals surface area contributed by atoms with Gasteiger partial charge < -0.3 is 10.1 Å². The Morgan fingerprint density at radius 1 is 1.59 bits per heavy atom. The molecule has 0 spiro atoms. The summed E-state index contributed by atoms with van der Waals surface area (Å²) in [5, 5.41) is 4.76. The molecule has 0 radical (unpaired) electrons. The highest BCUT2D eigenvalue weighted by molar-refractivity contribution is 7.12. The smallest absolute Gasteiger partial charge is 0.265 e. The van der Waals surface area contributed by atoms with Gasteiger partial charge in [-0.25, -0.2) is 0 Å². The molecule has 0 saturated heterocycles. The Bertz CT molecular complexity index is 376. The Labute approximate surface area is 111 Å². The molecule has 1 N–H and O–H groups in total. The quantitative estimate of drug-likeness (QED) is 0.810. The lowest BCUT2D eigenvalue weighted by Crippen LogP contribution is -2.34. The molecule has 0 aliphatic rings. The molecule has 1 heterocycles. The van der Waals surface area contributed by atoms with Gasteiger partial charge >= 0.3 is 0 Å². The Kier molecular flexibility index (Phi) is 5.28. The zero-order valence-corrected chi connectivity index (χ0v) is 12.0. The number of amides is 1. The maximum Gasteiger partial charge on any atom is 0.265 e. The molecule has 0 saturated carbocycles. The van der Waals surface area contributed by atoms with Crippen LogP contribution < -0.4 is 10.1 Å². The van der Waals surface area contributed by atoms with Crippen LogP contribution in [0.3, 0.4) is 0 Å². The second-order valence-electron chi connectivity index (χ2n) is 4.60. The van der Waals surface area contributed by atoms with E-state index in [0.717, 1.165) is 6.42 Å². The van der Waals surface area contributed by atoms with E-state index < -0.39 is 0 Å². The van der Waals surface area contributed by atoms with Gasteiger partial charge in [-0.1, -0.05) is 13.8 Å². The van der Waals surface area contributed by atoms with E-state index >= 15 is 0 Å². The van der Waals surface area contributed by atoms with Gasteiger partial charge in [-0.05, 0) is 23.3 Å². The van der Waals surface area contributed by atoms with Gasteiger partial charge in [0.2, 0.25) is 0 Å². The zero-order chi connectivity index (χ0) is 12.9. The lowest BCUT2D eigenvalue weighted by atomic mass is 9.90. The van der Waals surface area contributed by atoms with Crippen molar-refractivity contribution >= 4 is 28.8 Å². The van der Waals surface area contributed by atoms with Gasteiger partial charge in [-0.15, -0.1) is 22.9 Å². The number of halogens is 1. The minimum Gasteiger partial charge on any atom is -0.495 e. The van der Waals surface area contributed by atoms with Gasteiger partial charge in [-0.3, -0.25) is 4.79 Å². The highest BCUT2D eigenvalue weighted by Gasteiger charge is 2.20. The highest BCUT2D eigenvalue weighted by Crippen LogP contribution is 2.25. The molecule has 3 nitrogen and oxygen atoms in total. The lowest BCUT2D eigenvalue weighted by Gasteiger charge is -2.23. The second kappa shape index (κ2) is 6.26. The van der Waals surface area contributed by atoms with E-state index in [4.69, 9.17) is 16.3 Å². The predicted octanol–water partition coefficient (Wildman–Crippen LogP) is 3.14. The van der Waals surface area contributed by atoms with E-state index in [1.54, 1.807) is 13.2 Å². The molecule has 0 fully saturated rings. The molecule has 5 heteroatoms. The van der Waals surface area contributed by atoms with Crippen LogP contribution in [-0.4, -0.2) is 25.4 Å². The number of carbonyl (C=O) groups is 1. The molecule has 17 heavy (non-hydrogen) atoms. The number of rotatable bonds is 6. The minimum atomic E-state index is -0.0838. The summed E-state index contributed by atoms with van der Waals surface area (Å²) in [6.45, 7) is 4.78. The van der Waals surface area contributed by atoms with Crippen LogP contribution in [0.4, 0.5) is 0 Å². The molecule has 0 atom stereocenters. The minimum absolute atomic E-state index is 0.0158. The molecule has 96 valence electrons. The molecule has 1 aromatic rings. The molecule has 0 bridgehead atoms. The number of nitrogens with one attached hydrogen (secondary N) is 1. The molecule has 1 amide bonds. The van der Waals surface area contributed by atoms with Crippen LogP contribution in [-0.2, 0) is 0 Å². The fourth-order valence-corrected chi connectivity index (χ4v) is 2.65. The van der Waals surface area contributed by atoms with Gasteiger partial charge in [0.05, 0.1) is 7.11 Å². The van der Waals surface area contributed by atoms with Gasteiger partial charge in [0.1, 0.15) is 10.6 Å². The zero-order valence-electron chi connectivity index (χ0n) is 10.4. The SMILES string of the molecule is COc1ccsc1C(=O)NCC(C)(C)CCCl. The van der Waals surface area contributed by atoms with Crippen LogP contribution >= 0.6 is 22.9 Å². The van der Waals surface area contributed by atoms with E-state index in [1.165, 1.54) is 11.3 Å². The summed E-state index contributed by atoms with van der Waals surface area (Å²) >= 11 is 7.10. The first-order valence-corrected chi connectivity index (χ1v) is 6.87. The van der Waals surface area contributed by atoms with Crippen molar-refractivity contribution in [1.29, 1.82) is 0 Å². The lowest BCUT2D eigenvalue weighted by molar-refractivity contribution is 0.0937. The van der Waals surface area contributed by atoms with Crippen molar-refractivity contribution in [1.82, 2.24) is 5.32 Å². The number of thiophene rings is 1. The molecule has 0 aliphatic carbocycles. The number of hydrogen-bond donors (Lipinski definition) is 1. The molecule has 0 unspecified atom stereocenters. The Morgan fingerprint density at radius 3 is 2.88 bits per heavy atom. The third-order valence-corrected chi connectivity index (χ3v) is 3.64. The number of ether oxygens (including phenoxy) is 1. The van der Waals surface area contributed by atoms with Crippen molar-refractivity contribution in [3.8, 4) is 5.75 Å². The standard InChI is InChI=1S/C12H18ClNO2S/c1-12(2,5-6-13)8-14-11(15)10-9(16-3)4-7-17-10/h4,7H,5-6,8H2,1-3H3,(H,14,15). The van der Waals surface area contributed by atoms with E-state index in [1.807, 2.05) is 5.38 Å². The summed E-state index contributed by atoms with van der Waals surface area (Å²) in [7, 11) is 1.57. The average molecular weight is 276 g/mol. The van der Waals surface area contributed by atoms with Crippen LogP contribution in [0.25, 0.3) is 0 Å². The maximum atomic E-state index is 11.9. The summed E-state index contributed by atoms with van der Waals surface area (Å²) in [6.07, 6.45) is 0.871. The van der Waals surface area contributed by atoms with Gasteiger partial charge in [0.15, 0.2) is 0 Å². The number of carbonyl (C=O) groups excluding carboxylic acids is 1. The summed E-state index contributed by atoms with van der Waals surface area (Å²) in [6, 6.07) is 1.80. The van der Waals surface area contributed by atoms with E-state index in [-0.39, 0.29) is 11.3 Å². The predicted molar refractivity (Wildman–Crippen MR) is 72.3 cm³/mol. The first-order chi connectivity index (χ1) is 8.00. The first-order valence-electron chi connectivity index (χ1n) is 5.46. The van der Waals surface area contributed by atoms with Gasteiger partial charge in [0.25, 0.3) is 5.91 Å². The summed E-state index contributed by atoms with van der Waals surface area (Å²) in [5.41, 5.74) is 0.0158. The van der Waals surface area contributed by atoms with Gasteiger partial charge in [0, 0.05) is 12.4 Å². The first kappa shape index (κ1) is 14.3. The topological polar surface area (TPSA) is 38.3 Å². The van der Waals surface area contributed by atoms with Crippen molar-refractivity contribution in [3.63, 3.8) is 0 Å². The highest BCUT2D eigenvalue weighted by atomic mass is 35.5. The van der Waals surface area contributed by atoms with Crippen molar-refractivity contribution in [3.05, 3.63) is 16.3 Å². The van der Waals surface area contributed by atoms with Crippen LogP contribution in [0, 0.1) is 5.41 Å². The summed E-state index contributed by atoms with van der Waals surface area (Å²) < 4.78 is 5.11. The third kappa shape index (κ3) is 4.21. The van der Waals surface area contributed by atoms with Crippen LogP contribution in [0.5, 0.6) is 5.75 Å². The largest absolute Gasteiger partial charge is 0.495 e.